The second-order valence-corrected chi connectivity index (χ2v) is 5.06. The summed E-state index contributed by atoms with van der Waals surface area (Å²) in [5.41, 5.74) is 0.449. The van der Waals surface area contributed by atoms with E-state index in [1.54, 1.807) is 6.07 Å². The standard InChI is InChI=1S/C13H17ClFNO/c1-13(6-3-7-17-13)12(16-2)10-8-9(15)4-5-11(10)14/h4-5,8,12,16H,3,6-7H2,1-2H3. The molecule has 4 heteroatoms. The minimum atomic E-state index is -0.313. The summed E-state index contributed by atoms with van der Waals surface area (Å²) in [6.45, 7) is 2.80. The molecule has 0 amide bonds. The van der Waals surface area contributed by atoms with Crippen LogP contribution >= 0.6 is 11.6 Å². The number of hydrogen-bond acceptors (Lipinski definition) is 2. The third-order valence-corrected chi connectivity index (χ3v) is 3.76. The number of hydrogen-bond donors (Lipinski definition) is 1. The van der Waals surface area contributed by atoms with E-state index >= 15 is 0 Å². The Kier molecular flexibility index (Phi) is 3.71. The molecule has 0 bridgehead atoms. The molecule has 1 aromatic rings. The monoisotopic (exact) mass is 257 g/mol. The van der Waals surface area contributed by atoms with E-state index in [1.165, 1.54) is 12.1 Å². The van der Waals surface area contributed by atoms with Gasteiger partial charge in [-0.25, -0.2) is 4.39 Å². The molecule has 2 nitrogen and oxygen atoms in total. The van der Waals surface area contributed by atoms with Gasteiger partial charge in [-0.2, -0.15) is 0 Å². The van der Waals surface area contributed by atoms with Gasteiger partial charge in [-0.1, -0.05) is 11.6 Å². The minimum Gasteiger partial charge on any atom is -0.373 e. The molecule has 17 heavy (non-hydrogen) atoms. The lowest BCUT2D eigenvalue weighted by molar-refractivity contribution is -0.0105. The molecule has 1 aliphatic heterocycles. The van der Waals surface area contributed by atoms with E-state index in [9.17, 15) is 4.39 Å². The highest BCUT2D eigenvalue weighted by atomic mass is 35.5. The van der Waals surface area contributed by atoms with Crippen molar-refractivity contribution in [2.75, 3.05) is 13.7 Å². The second kappa shape index (κ2) is 4.92. The van der Waals surface area contributed by atoms with E-state index in [0.29, 0.717) is 5.02 Å². The maximum Gasteiger partial charge on any atom is 0.123 e. The molecule has 2 rings (SSSR count). The van der Waals surface area contributed by atoms with E-state index in [0.717, 1.165) is 25.0 Å². The van der Waals surface area contributed by atoms with Gasteiger partial charge in [-0.15, -0.1) is 0 Å². The zero-order chi connectivity index (χ0) is 12.5. The van der Waals surface area contributed by atoms with Gasteiger partial charge in [-0.3, -0.25) is 0 Å². The van der Waals surface area contributed by atoms with Crippen LogP contribution in [0.1, 0.15) is 31.4 Å². The van der Waals surface area contributed by atoms with E-state index in [-0.39, 0.29) is 17.5 Å². The van der Waals surface area contributed by atoms with Crippen LogP contribution in [0, 0.1) is 5.82 Å². The van der Waals surface area contributed by atoms with Crippen LogP contribution in [0.25, 0.3) is 0 Å². The van der Waals surface area contributed by atoms with Crippen molar-refractivity contribution in [1.82, 2.24) is 5.32 Å². The SMILES string of the molecule is CNC(c1cc(F)ccc1Cl)C1(C)CCCO1. The summed E-state index contributed by atoms with van der Waals surface area (Å²) < 4.78 is 19.1. The summed E-state index contributed by atoms with van der Waals surface area (Å²) in [4.78, 5) is 0. The first kappa shape index (κ1) is 12.8. The van der Waals surface area contributed by atoms with Crippen LogP contribution < -0.4 is 5.32 Å². The molecule has 0 radical (unpaired) electrons. The summed E-state index contributed by atoms with van der Waals surface area (Å²) in [5.74, 6) is -0.272. The molecule has 94 valence electrons. The van der Waals surface area contributed by atoms with Crippen molar-refractivity contribution in [3.8, 4) is 0 Å². The van der Waals surface area contributed by atoms with Gasteiger partial charge in [0.05, 0.1) is 11.6 Å². The first-order valence-corrected chi connectivity index (χ1v) is 6.21. The molecular weight excluding hydrogens is 241 g/mol. The van der Waals surface area contributed by atoms with E-state index < -0.39 is 0 Å². The summed E-state index contributed by atoms with van der Waals surface area (Å²) in [6.07, 6.45) is 1.98. The number of halogens is 2. The molecular formula is C13H17ClFNO. The van der Waals surface area contributed by atoms with E-state index in [1.807, 2.05) is 14.0 Å². The molecule has 1 aromatic carbocycles. The first-order chi connectivity index (χ1) is 8.07. The molecule has 0 aliphatic carbocycles. The van der Waals surface area contributed by atoms with Crippen LogP contribution in [0.4, 0.5) is 4.39 Å². The average molecular weight is 258 g/mol. The predicted molar refractivity (Wildman–Crippen MR) is 66.8 cm³/mol. The largest absolute Gasteiger partial charge is 0.373 e. The Labute approximate surface area is 106 Å². The van der Waals surface area contributed by atoms with Gasteiger partial charge in [0.1, 0.15) is 5.82 Å². The second-order valence-electron chi connectivity index (χ2n) is 4.65. The third kappa shape index (κ3) is 2.46. The van der Waals surface area contributed by atoms with Crippen LogP contribution in [-0.2, 0) is 4.74 Å². The zero-order valence-electron chi connectivity index (χ0n) is 10.1. The Morgan fingerprint density at radius 1 is 1.53 bits per heavy atom. The summed E-state index contributed by atoms with van der Waals surface area (Å²) >= 11 is 6.15. The first-order valence-electron chi connectivity index (χ1n) is 5.83. The zero-order valence-corrected chi connectivity index (χ0v) is 10.9. The van der Waals surface area contributed by atoms with Crippen LogP contribution in [-0.4, -0.2) is 19.3 Å². The predicted octanol–water partition coefficient (Wildman–Crippen LogP) is 3.31. The molecule has 1 heterocycles. The fraction of sp³-hybridized carbons (Fsp3) is 0.538. The van der Waals surface area contributed by atoms with Gasteiger partial charge in [0.2, 0.25) is 0 Å². The highest BCUT2D eigenvalue weighted by Crippen LogP contribution is 2.39. The third-order valence-electron chi connectivity index (χ3n) is 3.42. The normalized spacial score (nSPS) is 26.1. The highest BCUT2D eigenvalue weighted by Gasteiger charge is 2.39. The Hall–Kier alpha value is -0.640. The smallest absolute Gasteiger partial charge is 0.123 e. The summed E-state index contributed by atoms with van der Waals surface area (Å²) in [6, 6.07) is 4.36. The lowest BCUT2D eigenvalue weighted by atomic mass is 9.88. The van der Waals surface area contributed by atoms with Crippen molar-refractivity contribution >= 4 is 11.6 Å². The Bertz CT molecular complexity index is 404. The molecule has 2 unspecified atom stereocenters. The van der Waals surface area contributed by atoms with Gasteiger partial charge < -0.3 is 10.1 Å². The van der Waals surface area contributed by atoms with E-state index in [2.05, 4.69) is 5.32 Å². The van der Waals surface area contributed by atoms with Gasteiger partial charge in [0, 0.05) is 11.6 Å². The topological polar surface area (TPSA) is 21.3 Å². The van der Waals surface area contributed by atoms with Gasteiger partial charge in [-0.05, 0) is 50.6 Å². The molecule has 1 fully saturated rings. The van der Waals surface area contributed by atoms with Crippen LogP contribution in [0.3, 0.4) is 0 Å². The van der Waals surface area contributed by atoms with Crippen molar-refractivity contribution in [3.05, 3.63) is 34.6 Å². The average Bonchev–Trinajstić information content (AvgIpc) is 2.72. The highest BCUT2D eigenvalue weighted by molar-refractivity contribution is 6.31. The van der Waals surface area contributed by atoms with Crippen molar-refractivity contribution in [2.24, 2.45) is 0 Å². The summed E-state index contributed by atoms with van der Waals surface area (Å²) in [5, 5.41) is 3.76. The Morgan fingerprint density at radius 2 is 2.29 bits per heavy atom. The van der Waals surface area contributed by atoms with Gasteiger partial charge >= 0.3 is 0 Å². The van der Waals surface area contributed by atoms with Gasteiger partial charge in [0.15, 0.2) is 0 Å². The fourth-order valence-electron chi connectivity index (χ4n) is 2.55. The molecule has 2 atom stereocenters. The number of nitrogens with one attached hydrogen (secondary N) is 1. The number of likely N-dealkylation sites (N-methyl/N-ethyl adjacent to an activating group) is 1. The summed E-state index contributed by atoms with van der Waals surface area (Å²) in [7, 11) is 1.85. The fourth-order valence-corrected chi connectivity index (χ4v) is 2.78. The Balaban J connectivity index is 2.37. The van der Waals surface area contributed by atoms with Crippen LogP contribution in [0.5, 0.6) is 0 Å². The molecule has 1 N–H and O–H groups in total. The lowest BCUT2D eigenvalue weighted by Crippen LogP contribution is -2.39. The van der Waals surface area contributed by atoms with Gasteiger partial charge in [0.25, 0.3) is 0 Å². The number of benzene rings is 1. The molecule has 1 aliphatic rings. The molecule has 0 spiro atoms. The quantitative estimate of drug-likeness (QED) is 0.897. The maximum absolute atomic E-state index is 13.3. The van der Waals surface area contributed by atoms with Crippen molar-refractivity contribution in [3.63, 3.8) is 0 Å². The Morgan fingerprint density at radius 3 is 2.88 bits per heavy atom. The number of rotatable bonds is 3. The molecule has 0 aromatic heterocycles. The molecule has 1 saturated heterocycles. The van der Waals surface area contributed by atoms with Crippen LogP contribution in [0.2, 0.25) is 5.02 Å². The van der Waals surface area contributed by atoms with Crippen LogP contribution in [0.15, 0.2) is 18.2 Å². The van der Waals surface area contributed by atoms with Crippen molar-refractivity contribution < 1.29 is 9.13 Å². The lowest BCUT2D eigenvalue weighted by Gasteiger charge is -2.34. The minimum absolute atomic E-state index is 0.0896. The maximum atomic E-state index is 13.3. The number of ether oxygens (including phenoxy) is 1. The van der Waals surface area contributed by atoms with Crippen molar-refractivity contribution in [2.45, 2.75) is 31.4 Å². The van der Waals surface area contributed by atoms with Crippen molar-refractivity contribution in [1.29, 1.82) is 0 Å². The molecule has 0 saturated carbocycles. The van der Waals surface area contributed by atoms with E-state index in [4.69, 9.17) is 16.3 Å².